The van der Waals surface area contributed by atoms with Gasteiger partial charge in [0.1, 0.15) is 5.78 Å². The fourth-order valence-corrected chi connectivity index (χ4v) is 8.57. The molecule has 2 unspecified atom stereocenters. The quantitative estimate of drug-likeness (QED) is 0.685. The number of carboxylic acid groups (broad SMARTS) is 1. The van der Waals surface area contributed by atoms with Crippen LogP contribution in [0.15, 0.2) is 0 Å². The van der Waals surface area contributed by atoms with Crippen LogP contribution in [0.3, 0.4) is 0 Å². The number of hydrogen-bond donors (Lipinski definition) is 1. The summed E-state index contributed by atoms with van der Waals surface area (Å²) in [4.78, 5) is 23.1. The molecule has 152 valence electrons. The second-order valence-corrected chi connectivity index (χ2v) is 11.0. The monoisotopic (exact) mass is 374 g/mol. The summed E-state index contributed by atoms with van der Waals surface area (Å²) in [6.07, 6.45) is 11.8. The van der Waals surface area contributed by atoms with Gasteiger partial charge in [0.05, 0.1) is 0 Å². The van der Waals surface area contributed by atoms with E-state index in [-0.39, 0.29) is 0 Å². The van der Waals surface area contributed by atoms with Crippen LogP contribution in [0.5, 0.6) is 0 Å². The molecule has 0 aliphatic heterocycles. The van der Waals surface area contributed by atoms with E-state index in [9.17, 15) is 9.59 Å². The molecule has 4 aliphatic rings. The highest BCUT2D eigenvalue weighted by Gasteiger charge is 2.60. The molecule has 4 fully saturated rings. The Balaban J connectivity index is 1.52. The van der Waals surface area contributed by atoms with Crippen LogP contribution in [-0.4, -0.2) is 16.9 Å². The number of carboxylic acids is 1. The van der Waals surface area contributed by atoms with Gasteiger partial charge in [-0.05, 0) is 97.7 Å². The molecule has 8 atom stereocenters. The van der Waals surface area contributed by atoms with Crippen molar-refractivity contribution in [3.63, 3.8) is 0 Å². The van der Waals surface area contributed by atoms with Crippen LogP contribution < -0.4 is 0 Å². The largest absolute Gasteiger partial charge is 0.481 e. The number of Topliss-reactive ketones (excluding diaryl/α,β-unsaturated/α-hetero) is 1. The van der Waals surface area contributed by atoms with Gasteiger partial charge in [0.2, 0.25) is 0 Å². The zero-order chi connectivity index (χ0) is 19.4. The summed E-state index contributed by atoms with van der Waals surface area (Å²) in [5.74, 6) is 4.19. The van der Waals surface area contributed by atoms with Crippen LogP contribution >= 0.6 is 0 Å². The second kappa shape index (κ2) is 6.88. The van der Waals surface area contributed by atoms with Crippen molar-refractivity contribution in [3.05, 3.63) is 0 Å². The van der Waals surface area contributed by atoms with E-state index < -0.39 is 5.97 Å². The van der Waals surface area contributed by atoms with Crippen molar-refractivity contribution in [2.24, 2.45) is 46.3 Å². The van der Waals surface area contributed by atoms with Gasteiger partial charge in [-0.1, -0.05) is 20.8 Å². The first-order valence-electron chi connectivity index (χ1n) is 11.5. The zero-order valence-electron chi connectivity index (χ0n) is 17.5. The topological polar surface area (TPSA) is 54.4 Å². The SMILES string of the molecule is C[C@H](CCC(=O)O)[C@H]1CCC2[C@@H]3CC[C@@H]4CC(=O)CC[C@]4(C)C3CC[C@@]21C. The Morgan fingerprint density at radius 3 is 2.56 bits per heavy atom. The summed E-state index contributed by atoms with van der Waals surface area (Å²) in [6, 6.07) is 0. The highest BCUT2D eigenvalue weighted by molar-refractivity contribution is 5.79. The number of hydrogen-bond acceptors (Lipinski definition) is 2. The summed E-state index contributed by atoms with van der Waals surface area (Å²) in [7, 11) is 0. The zero-order valence-corrected chi connectivity index (χ0v) is 17.5. The highest BCUT2D eigenvalue weighted by Crippen LogP contribution is 2.68. The van der Waals surface area contributed by atoms with Gasteiger partial charge in [-0.3, -0.25) is 9.59 Å². The van der Waals surface area contributed by atoms with E-state index in [1.165, 1.54) is 38.5 Å². The van der Waals surface area contributed by atoms with Crippen molar-refractivity contribution in [2.45, 2.75) is 91.4 Å². The molecule has 0 aromatic heterocycles. The lowest BCUT2D eigenvalue weighted by molar-refractivity contribution is -0.140. The van der Waals surface area contributed by atoms with Gasteiger partial charge in [-0.2, -0.15) is 0 Å². The fraction of sp³-hybridized carbons (Fsp3) is 0.917. The molecular weight excluding hydrogens is 336 g/mol. The first-order valence-corrected chi connectivity index (χ1v) is 11.5. The molecular formula is C24H38O3. The van der Waals surface area contributed by atoms with Crippen LogP contribution in [0.2, 0.25) is 0 Å². The number of aliphatic carboxylic acids is 1. The van der Waals surface area contributed by atoms with Crippen molar-refractivity contribution < 1.29 is 14.7 Å². The molecule has 3 heteroatoms. The van der Waals surface area contributed by atoms with E-state index >= 15 is 0 Å². The van der Waals surface area contributed by atoms with Crippen LogP contribution in [0.4, 0.5) is 0 Å². The third kappa shape index (κ3) is 3.08. The van der Waals surface area contributed by atoms with Gasteiger partial charge < -0.3 is 5.11 Å². The number of fused-ring (bicyclic) bond motifs is 5. The summed E-state index contributed by atoms with van der Waals surface area (Å²) >= 11 is 0. The third-order valence-electron chi connectivity index (χ3n) is 10.1. The van der Waals surface area contributed by atoms with Crippen molar-refractivity contribution in [1.29, 1.82) is 0 Å². The molecule has 0 spiro atoms. The number of rotatable bonds is 4. The van der Waals surface area contributed by atoms with E-state index in [0.29, 0.717) is 40.8 Å². The average molecular weight is 375 g/mol. The van der Waals surface area contributed by atoms with Crippen LogP contribution in [0.25, 0.3) is 0 Å². The molecule has 0 amide bonds. The minimum atomic E-state index is -0.650. The summed E-state index contributed by atoms with van der Waals surface area (Å²) in [6.45, 7) is 7.37. The predicted molar refractivity (Wildman–Crippen MR) is 106 cm³/mol. The number of carbonyl (C=O) groups is 2. The Hall–Kier alpha value is -0.860. The van der Waals surface area contributed by atoms with E-state index in [2.05, 4.69) is 20.8 Å². The Labute approximate surface area is 164 Å². The highest BCUT2D eigenvalue weighted by atomic mass is 16.4. The molecule has 0 radical (unpaired) electrons. The molecule has 1 N–H and O–H groups in total. The number of carbonyl (C=O) groups excluding carboxylic acids is 1. The molecule has 0 aromatic carbocycles. The lowest BCUT2D eigenvalue weighted by atomic mass is 9.44. The molecule has 0 aromatic rings. The molecule has 4 aliphatic carbocycles. The number of ketones is 1. The average Bonchev–Trinajstić information content (AvgIpc) is 2.97. The Morgan fingerprint density at radius 2 is 1.81 bits per heavy atom. The molecule has 3 nitrogen and oxygen atoms in total. The van der Waals surface area contributed by atoms with E-state index in [1.807, 2.05) is 0 Å². The first-order chi connectivity index (χ1) is 12.8. The summed E-state index contributed by atoms with van der Waals surface area (Å²) < 4.78 is 0. The van der Waals surface area contributed by atoms with Gasteiger partial charge in [0, 0.05) is 19.3 Å². The summed E-state index contributed by atoms with van der Waals surface area (Å²) in [5.41, 5.74) is 0.804. The normalized spacial score (nSPS) is 47.7. The van der Waals surface area contributed by atoms with Gasteiger partial charge in [-0.15, -0.1) is 0 Å². The maximum atomic E-state index is 12.0. The first kappa shape index (κ1) is 19.5. The smallest absolute Gasteiger partial charge is 0.303 e. The standard InChI is InChI=1S/C24H38O3/c1-15(4-9-22(26)27)19-7-8-20-18-6-5-16-14-17(25)10-12-23(16,2)21(18)11-13-24(19,20)3/h15-16,18-21H,4-14H2,1-3H3,(H,26,27)/t15-,16-,18+,19-,20?,21?,23+,24-/m1/s1. The van der Waals surface area contributed by atoms with E-state index in [1.54, 1.807) is 0 Å². The minimum Gasteiger partial charge on any atom is -0.481 e. The van der Waals surface area contributed by atoms with Crippen molar-refractivity contribution >= 4 is 11.8 Å². The maximum Gasteiger partial charge on any atom is 0.303 e. The molecule has 0 bridgehead atoms. The Kier molecular flexibility index (Phi) is 4.96. The van der Waals surface area contributed by atoms with E-state index in [4.69, 9.17) is 5.11 Å². The Bertz CT molecular complexity index is 613. The molecule has 4 rings (SSSR count). The van der Waals surface area contributed by atoms with E-state index in [0.717, 1.165) is 43.4 Å². The third-order valence-corrected chi connectivity index (χ3v) is 10.1. The maximum absolute atomic E-state index is 12.0. The minimum absolute atomic E-state index is 0.318. The van der Waals surface area contributed by atoms with Crippen molar-refractivity contribution in [2.75, 3.05) is 0 Å². The summed E-state index contributed by atoms with van der Waals surface area (Å²) in [5, 5.41) is 9.09. The van der Waals surface area contributed by atoms with Crippen molar-refractivity contribution in [1.82, 2.24) is 0 Å². The lowest BCUT2D eigenvalue weighted by Gasteiger charge is -2.60. The van der Waals surface area contributed by atoms with Crippen molar-refractivity contribution in [3.8, 4) is 0 Å². The van der Waals surface area contributed by atoms with Gasteiger partial charge in [0.25, 0.3) is 0 Å². The van der Waals surface area contributed by atoms with Gasteiger partial charge in [0.15, 0.2) is 0 Å². The molecule has 0 heterocycles. The predicted octanol–water partition coefficient (Wildman–Crippen LogP) is 5.72. The van der Waals surface area contributed by atoms with Gasteiger partial charge >= 0.3 is 5.97 Å². The lowest BCUT2D eigenvalue weighted by Crippen LogP contribution is -2.53. The Morgan fingerprint density at radius 1 is 1.07 bits per heavy atom. The molecule has 0 saturated heterocycles. The molecule has 27 heavy (non-hydrogen) atoms. The fourth-order valence-electron chi connectivity index (χ4n) is 8.57. The van der Waals surface area contributed by atoms with Crippen LogP contribution in [-0.2, 0) is 9.59 Å². The molecule has 4 saturated carbocycles. The second-order valence-electron chi connectivity index (χ2n) is 11.0. The van der Waals surface area contributed by atoms with Crippen LogP contribution in [0, 0.1) is 46.3 Å². The van der Waals surface area contributed by atoms with Gasteiger partial charge in [-0.25, -0.2) is 0 Å². The van der Waals surface area contributed by atoms with Crippen LogP contribution in [0.1, 0.15) is 91.4 Å².